The van der Waals surface area contributed by atoms with Crippen LogP contribution in [0, 0.1) is 23.6 Å². The first-order valence-corrected chi connectivity index (χ1v) is 11.2. The van der Waals surface area contributed by atoms with Gasteiger partial charge in [-0.2, -0.15) is 0 Å². The summed E-state index contributed by atoms with van der Waals surface area (Å²) in [6.45, 7) is 4.50. The molecule has 0 atom stereocenters. The summed E-state index contributed by atoms with van der Waals surface area (Å²) in [5, 5.41) is 0.149. The number of ether oxygens (including phenoxy) is 1. The van der Waals surface area contributed by atoms with E-state index in [0.29, 0.717) is 18.3 Å². The van der Waals surface area contributed by atoms with Crippen molar-refractivity contribution in [1.82, 2.24) is 0 Å². The average molecular weight is 393 g/mol. The lowest BCUT2D eigenvalue weighted by atomic mass is 9.68. The van der Waals surface area contributed by atoms with E-state index in [9.17, 15) is 4.39 Å². The van der Waals surface area contributed by atoms with Crippen molar-refractivity contribution >= 4 is 11.6 Å². The van der Waals surface area contributed by atoms with Gasteiger partial charge in [0.05, 0.1) is 6.61 Å². The Morgan fingerprint density at radius 1 is 1.04 bits per heavy atom. The smallest absolute Gasteiger partial charge is 0.149 e. The van der Waals surface area contributed by atoms with Gasteiger partial charge in [-0.25, -0.2) is 4.39 Å². The minimum atomic E-state index is -0.268. The van der Waals surface area contributed by atoms with Gasteiger partial charge in [0.2, 0.25) is 0 Å². The average Bonchev–Trinajstić information content (AvgIpc) is 2.71. The fourth-order valence-corrected chi connectivity index (χ4v) is 5.48. The number of rotatable bonds is 6. The molecule has 0 amide bonds. The van der Waals surface area contributed by atoms with Crippen LogP contribution in [0.25, 0.3) is 0 Å². The molecule has 0 aromatic heterocycles. The monoisotopic (exact) mass is 392 g/mol. The summed E-state index contributed by atoms with van der Waals surface area (Å²) in [6, 6.07) is 3.73. The molecule has 2 fully saturated rings. The van der Waals surface area contributed by atoms with Crippen molar-refractivity contribution in [3.8, 4) is 5.75 Å². The van der Waals surface area contributed by atoms with Gasteiger partial charge in [-0.05, 0) is 107 Å². The van der Waals surface area contributed by atoms with Crippen LogP contribution in [0.15, 0.2) is 24.3 Å². The predicted octanol–water partition coefficient (Wildman–Crippen LogP) is 7.92. The molecule has 2 saturated carbocycles. The highest BCUT2D eigenvalue weighted by molar-refractivity contribution is 6.32. The minimum Gasteiger partial charge on any atom is -0.492 e. The molecule has 1 nitrogen and oxygen atoms in total. The highest BCUT2D eigenvalue weighted by Crippen LogP contribution is 2.45. The Hall–Kier alpha value is -1.02. The SMILES string of the molecule is CC=CCC1CCC(C2CCC(c3ccc(OCC)c(Cl)c3F)CC2)CC1. The molecule has 0 spiro atoms. The second kappa shape index (κ2) is 9.96. The van der Waals surface area contributed by atoms with Gasteiger partial charge in [0.15, 0.2) is 0 Å². The molecule has 2 aliphatic rings. The lowest BCUT2D eigenvalue weighted by Crippen LogP contribution is -2.25. The Labute approximate surface area is 169 Å². The van der Waals surface area contributed by atoms with E-state index in [0.717, 1.165) is 36.2 Å². The summed E-state index contributed by atoms with van der Waals surface area (Å²) in [5.74, 6) is 3.13. The van der Waals surface area contributed by atoms with Crippen molar-refractivity contribution in [3.05, 3.63) is 40.7 Å². The molecule has 2 aliphatic carbocycles. The molecular weight excluding hydrogens is 359 g/mol. The lowest BCUT2D eigenvalue weighted by molar-refractivity contribution is 0.160. The zero-order valence-electron chi connectivity index (χ0n) is 16.9. The molecule has 0 aliphatic heterocycles. The van der Waals surface area contributed by atoms with E-state index in [1.165, 1.54) is 44.9 Å². The fourth-order valence-electron chi connectivity index (χ4n) is 5.25. The Bertz CT molecular complexity index is 626. The Balaban J connectivity index is 1.53. The molecule has 27 heavy (non-hydrogen) atoms. The molecule has 0 unspecified atom stereocenters. The van der Waals surface area contributed by atoms with Crippen LogP contribution < -0.4 is 4.74 Å². The molecular formula is C24H34ClFO. The summed E-state index contributed by atoms with van der Waals surface area (Å²) in [6.07, 6.45) is 16.0. The quantitative estimate of drug-likeness (QED) is 0.446. The number of halogens is 2. The van der Waals surface area contributed by atoms with Crippen LogP contribution >= 0.6 is 11.6 Å². The lowest BCUT2D eigenvalue weighted by Gasteiger charge is -2.38. The summed E-state index contributed by atoms with van der Waals surface area (Å²) < 4.78 is 20.2. The maximum Gasteiger partial charge on any atom is 0.149 e. The Kier molecular flexibility index (Phi) is 7.64. The first kappa shape index (κ1) is 20.7. The first-order chi connectivity index (χ1) is 13.1. The van der Waals surface area contributed by atoms with Crippen LogP contribution in [0.1, 0.15) is 83.1 Å². The van der Waals surface area contributed by atoms with Crippen LogP contribution in [0.2, 0.25) is 5.02 Å². The fraction of sp³-hybridized carbons (Fsp3) is 0.667. The molecule has 0 heterocycles. The van der Waals surface area contributed by atoms with E-state index in [1.54, 1.807) is 0 Å². The third-order valence-electron chi connectivity index (χ3n) is 6.85. The molecule has 0 N–H and O–H groups in total. The van der Waals surface area contributed by atoms with Crippen LogP contribution in [0.3, 0.4) is 0 Å². The summed E-state index contributed by atoms with van der Waals surface area (Å²) in [4.78, 5) is 0. The predicted molar refractivity (Wildman–Crippen MR) is 112 cm³/mol. The highest BCUT2D eigenvalue weighted by atomic mass is 35.5. The Morgan fingerprint density at radius 2 is 1.67 bits per heavy atom. The molecule has 150 valence electrons. The van der Waals surface area contributed by atoms with Gasteiger partial charge in [0, 0.05) is 0 Å². The van der Waals surface area contributed by atoms with Crippen molar-refractivity contribution in [2.75, 3.05) is 6.61 Å². The van der Waals surface area contributed by atoms with Gasteiger partial charge in [-0.1, -0.05) is 29.8 Å². The number of benzene rings is 1. The molecule has 0 radical (unpaired) electrons. The van der Waals surface area contributed by atoms with E-state index in [2.05, 4.69) is 19.1 Å². The van der Waals surface area contributed by atoms with E-state index >= 15 is 0 Å². The van der Waals surface area contributed by atoms with Gasteiger partial charge in [0.1, 0.15) is 16.6 Å². The van der Waals surface area contributed by atoms with Crippen LogP contribution in [-0.2, 0) is 0 Å². The second-order valence-corrected chi connectivity index (χ2v) is 8.79. The number of hydrogen-bond donors (Lipinski definition) is 0. The minimum absolute atomic E-state index is 0.149. The third-order valence-corrected chi connectivity index (χ3v) is 7.20. The van der Waals surface area contributed by atoms with Crippen molar-refractivity contribution in [2.45, 2.75) is 77.6 Å². The second-order valence-electron chi connectivity index (χ2n) is 8.41. The van der Waals surface area contributed by atoms with Gasteiger partial charge in [0.25, 0.3) is 0 Å². The van der Waals surface area contributed by atoms with Gasteiger partial charge < -0.3 is 4.74 Å². The van der Waals surface area contributed by atoms with Crippen LogP contribution in [0.5, 0.6) is 5.75 Å². The molecule has 0 saturated heterocycles. The van der Waals surface area contributed by atoms with Gasteiger partial charge in [-0.15, -0.1) is 0 Å². The van der Waals surface area contributed by atoms with Crippen molar-refractivity contribution in [2.24, 2.45) is 17.8 Å². The largest absolute Gasteiger partial charge is 0.492 e. The number of allylic oxidation sites excluding steroid dienone is 2. The topological polar surface area (TPSA) is 9.23 Å². The van der Waals surface area contributed by atoms with Crippen molar-refractivity contribution in [1.29, 1.82) is 0 Å². The third kappa shape index (κ3) is 5.08. The normalized spacial score (nSPS) is 29.2. The number of hydrogen-bond acceptors (Lipinski definition) is 1. The maximum atomic E-state index is 14.7. The van der Waals surface area contributed by atoms with E-state index < -0.39 is 0 Å². The van der Waals surface area contributed by atoms with E-state index in [-0.39, 0.29) is 10.8 Å². The van der Waals surface area contributed by atoms with Crippen LogP contribution in [-0.4, -0.2) is 6.61 Å². The standard InChI is InChI=1S/C24H34ClFO/c1-3-5-6-17-7-9-18(10-8-17)19-11-13-20(14-12-19)21-15-16-22(27-4-2)23(25)24(21)26/h3,5,15-20H,4,6-14H2,1-2H3. The molecule has 1 aromatic carbocycles. The zero-order valence-corrected chi connectivity index (χ0v) is 17.6. The highest BCUT2D eigenvalue weighted by Gasteiger charge is 2.32. The summed E-state index contributed by atoms with van der Waals surface area (Å²) >= 11 is 6.19. The van der Waals surface area contributed by atoms with Crippen LogP contribution in [0.4, 0.5) is 4.39 Å². The van der Waals surface area contributed by atoms with Crippen molar-refractivity contribution in [3.63, 3.8) is 0 Å². The van der Waals surface area contributed by atoms with Gasteiger partial charge in [-0.3, -0.25) is 0 Å². The molecule has 0 bridgehead atoms. The molecule has 1 aromatic rings. The molecule has 3 rings (SSSR count). The summed E-state index contributed by atoms with van der Waals surface area (Å²) in [7, 11) is 0. The maximum absolute atomic E-state index is 14.7. The molecule has 3 heteroatoms. The van der Waals surface area contributed by atoms with Crippen molar-refractivity contribution < 1.29 is 9.13 Å². The van der Waals surface area contributed by atoms with E-state index in [4.69, 9.17) is 16.3 Å². The summed E-state index contributed by atoms with van der Waals surface area (Å²) in [5.41, 5.74) is 0.789. The Morgan fingerprint density at radius 3 is 2.26 bits per heavy atom. The van der Waals surface area contributed by atoms with E-state index in [1.807, 2.05) is 19.1 Å². The first-order valence-electron chi connectivity index (χ1n) is 10.9. The van der Waals surface area contributed by atoms with Gasteiger partial charge >= 0.3 is 0 Å². The zero-order chi connectivity index (χ0) is 19.2.